The Labute approximate surface area is 130 Å². The number of benzene rings is 1. The molecule has 3 rings (SSSR count). The molecule has 0 unspecified atom stereocenters. The van der Waals surface area contributed by atoms with Crippen molar-refractivity contribution in [3.05, 3.63) is 60.4 Å². The van der Waals surface area contributed by atoms with Crippen molar-refractivity contribution in [3.63, 3.8) is 0 Å². The number of rotatable bonds is 6. The van der Waals surface area contributed by atoms with Crippen LogP contribution in [0, 0.1) is 0 Å². The van der Waals surface area contributed by atoms with Gasteiger partial charge in [0.2, 0.25) is 11.6 Å². The first-order valence-electron chi connectivity index (χ1n) is 6.56. The van der Waals surface area contributed by atoms with Crippen molar-refractivity contribution in [2.75, 3.05) is 0 Å². The lowest BCUT2D eigenvalue weighted by molar-refractivity contribution is -0.114. The first-order chi connectivity index (χ1) is 10.7. The van der Waals surface area contributed by atoms with Crippen molar-refractivity contribution in [2.45, 2.75) is 16.2 Å². The van der Waals surface area contributed by atoms with Gasteiger partial charge in [0, 0.05) is 21.7 Å². The molecule has 1 aromatic carbocycles. The number of nitrogens with one attached hydrogen (secondary N) is 2. The maximum absolute atomic E-state index is 12.0. The predicted octanol–water partition coefficient (Wildman–Crippen LogP) is 2.28. The molecule has 0 spiro atoms. The van der Waals surface area contributed by atoms with Crippen LogP contribution >= 0.6 is 11.8 Å². The van der Waals surface area contributed by atoms with Gasteiger partial charge < -0.3 is 4.98 Å². The number of carbonyl (C=O) groups excluding carboxylic acids is 2. The van der Waals surface area contributed by atoms with Crippen LogP contribution in [-0.2, 0) is 11.2 Å². The molecule has 0 fully saturated rings. The number of aromatic amines is 2. The number of nitrogens with zero attached hydrogens (tertiary/aromatic N) is 2. The highest BCUT2D eigenvalue weighted by molar-refractivity contribution is 7.99. The molecule has 0 aliphatic heterocycles. The van der Waals surface area contributed by atoms with E-state index in [2.05, 4.69) is 20.2 Å². The molecule has 0 radical (unpaired) electrons. The number of H-pyrrole nitrogens is 2. The van der Waals surface area contributed by atoms with Crippen LogP contribution in [0.2, 0.25) is 0 Å². The second-order valence-corrected chi connectivity index (χ2v) is 5.60. The molecule has 0 aliphatic rings. The number of ketones is 2. The highest BCUT2D eigenvalue weighted by Crippen LogP contribution is 2.30. The fourth-order valence-corrected chi connectivity index (χ4v) is 2.86. The summed E-state index contributed by atoms with van der Waals surface area (Å²) >= 11 is 1.54. The highest BCUT2D eigenvalue weighted by atomic mass is 32.2. The Balaban J connectivity index is 1.72. The van der Waals surface area contributed by atoms with Crippen LogP contribution < -0.4 is 0 Å². The van der Waals surface area contributed by atoms with Crippen LogP contribution in [0.5, 0.6) is 0 Å². The third kappa shape index (κ3) is 3.15. The minimum absolute atomic E-state index is 0.00442. The first kappa shape index (κ1) is 14.3. The number of aromatic nitrogens is 4. The molecule has 7 heteroatoms. The number of hydrogen-bond donors (Lipinski definition) is 2. The van der Waals surface area contributed by atoms with Crippen LogP contribution in [0.3, 0.4) is 0 Å². The lowest BCUT2D eigenvalue weighted by atomic mass is 10.1. The molecule has 110 valence electrons. The van der Waals surface area contributed by atoms with Crippen LogP contribution in [0.4, 0.5) is 0 Å². The van der Waals surface area contributed by atoms with Gasteiger partial charge in [0.15, 0.2) is 0 Å². The van der Waals surface area contributed by atoms with Crippen molar-refractivity contribution < 1.29 is 9.59 Å². The van der Waals surface area contributed by atoms with Crippen molar-refractivity contribution >= 4 is 23.3 Å². The molecule has 3 aromatic rings. The molecule has 0 saturated heterocycles. The van der Waals surface area contributed by atoms with E-state index in [0.29, 0.717) is 5.69 Å². The summed E-state index contributed by atoms with van der Waals surface area (Å²) in [6.45, 7) is 0. The van der Waals surface area contributed by atoms with E-state index in [1.807, 2.05) is 36.4 Å². The van der Waals surface area contributed by atoms with Gasteiger partial charge in [-0.05, 0) is 18.2 Å². The summed E-state index contributed by atoms with van der Waals surface area (Å²) in [6, 6.07) is 11.7. The van der Waals surface area contributed by atoms with E-state index in [1.165, 1.54) is 18.1 Å². The number of hydrogen-bond acceptors (Lipinski definition) is 5. The van der Waals surface area contributed by atoms with E-state index in [9.17, 15) is 9.59 Å². The summed E-state index contributed by atoms with van der Waals surface area (Å²) in [5, 5.41) is 6.06. The molecule has 6 nitrogen and oxygen atoms in total. The molecule has 22 heavy (non-hydrogen) atoms. The average Bonchev–Trinajstić information content (AvgIpc) is 3.20. The summed E-state index contributed by atoms with van der Waals surface area (Å²) in [5.74, 6) is -1.34. The maximum atomic E-state index is 12.0. The third-order valence-corrected chi connectivity index (χ3v) is 4.08. The predicted molar refractivity (Wildman–Crippen MR) is 80.8 cm³/mol. The lowest BCUT2D eigenvalue weighted by Crippen LogP contribution is -2.18. The van der Waals surface area contributed by atoms with Crippen LogP contribution in [0.15, 0.2) is 58.7 Å². The second-order valence-electron chi connectivity index (χ2n) is 4.49. The molecule has 0 bridgehead atoms. The summed E-state index contributed by atoms with van der Waals surface area (Å²) in [7, 11) is 0. The minimum Gasteiger partial charge on any atom is -0.364 e. The molecule has 0 aliphatic carbocycles. The quantitative estimate of drug-likeness (QED) is 0.538. The van der Waals surface area contributed by atoms with Gasteiger partial charge in [-0.2, -0.15) is 0 Å². The standard InChI is InChI=1S/C15H12N4O2S/c20-12(14(21)15-17-9-18-19-15)8-11-13(6-7-16-11)22-10-4-2-1-3-5-10/h1-7,9,16H,8H2,(H,17,18,19). The van der Waals surface area contributed by atoms with Crippen LogP contribution in [-0.4, -0.2) is 31.7 Å². The molecular weight excluding hydrogens is 300 g/mol. The molecule has 0 saturated carbocycles. The second kappa shape index (κ2) is 6.40. The molecule has 0 atom stereocenters. The highest BCUT2D eigenvalue weighted by Gasteiger charge is 2.21. The van der Waals surface area contributed by atoms with Crippen molar-refractivity contribution in [1.82, 2.24) is 20.2 Å². The van der Waals surface area contributed by atoms with Gasteiger partial charge >= 0.3 is 0 Å². The van der Waals surface area contributed by atoms with Gasteiger partial charge in [0.1, 0.15) is 6.33 Å². The zero-order chi connectivity index (χ0) is 15.4. The largest absolute Gasteiger partial charge is 0.364 e. The maximum Gasteiger partial charge on any atom is 0.267 e. The Hall–Kier alpha value is -2.67. The monoisotopic (exact) mass is 312 g/mol. The van der Waals surface area contributed by atoms with Gasteiger partial charge in [-0.25, -0.2) is 4.98 Å². The third-order valence-electron chi connectivity index (χ3n) is 2.97. The molecule has 2 aromatic heterocycles. The average molecular weight is 312 g/mol. The first-order valence-corrected chi connectivity index (χ1v) is 7.38. The van der Waals surface area contributed by atoms with Crippen LogP contribution in [0.25, 0.3) is 0 Å². The fraction of sp³-hybridized carbons (Fsp3) is 0.0667. The zero-order valence-electron chi connectivity index (χ0n) is 11.4. The smallest absolute Gasteiger partial charge is 0.267 e. The minimum atomic E-state index is -0.688. The van der Waals surface area contributed by atoms with Crippen molar-refractivity contribution in [1.29, 1.82) is 0 Å². The number of carbonyl (C=O) groups is 2. The Kier molecular flexibility index (Phi) is 4.15. The fourth-order valence-electron chi connectivity index (χ4n) is 1.92. The van der Waals surface area contributed by atoms with E-state index in [1.54, 1.807) is 6.20 Å². The molecule has 2 heterocycles. The summed E-state index contributed by atoms with van der Waals surface area (Å²) < 4.78 is 0. The number of Topliss-reactive ketones (excluding diaryl/α,β-unsaturated/α-hetero) is 2. The molecular formula is C15H12N4O2S. The van der Waals surface area contributed by atoms with Gasteiger partial charge in [0.05, 0.1) is 6.42 Å². The topological polar surface area (TPSA) is 91.5 Å². The SMILES string of the molecule is O=C(Cc1[nH]ccc1Sc1ccccc1)C(=O)c1nc[nH]n1. The molecule has 2 N–H and O–H groups in total. The normalized spacial score (nSPS) is 10.5. The zero-order valence-corrected chi connectivity index (χ0v) is 12.3. The van der Waals surface area contributed by atoms with Crippen molar-refractivity contribution in [2.24, 2.45) is 0 Å². The van der Waals surface area contributed by atoms with E-state index in [0.717, 1.165) is 9.79 Å². The lowest BCUT2D eigenvalue weighted by Gasteiger charge is -2.03. The summed E-state index contributed by atoms with van der Waals surface area (Å²) in [6.07, 6.45) is 3.02. The Morgan fingerprint density at radius 1 is 1.14 bits per heavy atom. The van der Waals surface area contributed by atoms with E-state index < -0.39 is 11.6 Å². The van der Waals surface area contributed by atoms with E-state index in [4.69, 9.17) is 0 Å². The Morgan fingerprint density at radius 2 is 1.95 bits per heavy atom. The van der Waals surface area contributed by atoms with E-state index >= 15 is 0 Å². The van der Waals surface area contributed by atoms with Gasteiger partial charge in [-0.3, -0.25) is 14.7 Å². The summed E-state index contributed by atoms with van der Waals surface area (Å²) in [5.41, 5.74) is 0.711. The summed E-state index contributed by atoms with van der Waals surface area (Å²) in [4.78, 5) is 32.6. The Morgan fingerprint density at radius 3 is 2.68 bits per heavy atom. The van der Waals surface area contributed by atoms with Gasteiger partial charge in [-0.15, -0.1) is 5.10 Å². The van der Waals surface area contributed by atoms with Gasteiger partial charge in [-0.1, -0.05) is 30.0 Å². The molecule has 0 amide bonds. The van der Waals surface area contributed by atoms with E-state index in [-0.39, 0.29) is 12.2 Å². The Bertz CT molecular complexity index is 781. The van der Waals surface area contributed by atoms with Crippen LogP contribution in [0.1, 0.15) is 16.3 Å². The van der Waals surface area contributed by atoms with Gasteiger partial charge in [0.25, 0.3) is 5.78 Å². The van der Waals surface area contributed by atoms with Crippen molar-refractivity contribution in [3.8, 4) is 0 Å².